The van der Waals surface area contributed by atoms with Crippen LogP contribution in [0.1, 0.15) is 19.4 Å². The van der Waals surface area contributed by atoms with Crippen molar-refractivity contribution in [1.82, 2.24) is 0 Å². The zero-order valence-corrected chi connectivity index (χ0v) is 9.51. The van der Waals surface area contributed by atoms with Crippen molar-refractivity contribution in [2.75, 3.05) is 0 Å². The van der Waals surface area contributed by atoms with Crippen molar-refractivity contribution < 1.29 is 8.22 Å². The Labute approximate surface area is 108 Å². The summed E-state index contributed by atoms with van der Waals surface area (Å²) < 4.78 is 46.5. The van der Waals surface area contributed by atoms with E-state index in [1.807, 2.05) is 0 Å². The molecule has 0 amide bonds. The molecule has 76 valence electrons. The van der Waals surface area contributed by atoms with Gasteiger partial charge in [0.15, 0.2) is 0 Å². The molecule has 2 rings (SSSR count). The quantitative estimate of drug-likeness (QED) is 0.700. The first kappa shape index (κ1) is 5.31. The van der Waals surface area contributed by atoms with Crippen LogP contribution in [0.25, 0.3) is 11.1 Å². The summed E-state index contributed by atoms with van der Waals surface area (Å²) in [5, 5.41) is 0. The van der Waals surface area contributed by atoms with Gasteiger partial charge in [0.2, 0.25) is 0 Å². The predicted molar refractivity (Wildman–Crippen MR) is 69.1 cm³/mol. The maximum atomic E-state index is 7.66. The van der Waals surface area contributed by atoms with Crippen LogP contribution in [0.4, 0.5) is 0 Å². The smallest absolute Gasteiger partial charge is 0.0280 e. The third kappa shape index (κ3) is 2.13. The second kappa shape index (κ2) is 4.19. The molecule has 0 fully saturated rings. The summed E-state index contributed by atoms with van der Waals surface area (Å²) in [6.45, 7) is -4.61. The van der Waals surface area contributed by atoms with Crippen molar-refractivity contribution in [2.45, 2.75) is 13.7 Å². The van der Waals surface area contributed by atoms with Crippen LogP contribution in [-0.4, -0.2) is 0 Å². The summed E-state index contributed by atoms with van der Waals surface area (Å²) in [6, 6.07) is 11.3. The molecule has 0 saturated heterocycles. The lowest BCUT2D eigenvalue weighted by atomic mass is 9.97. The molecule has 0 radical (unpaired) electrons. The van der Waals surface area contributed by atoms with Crippen LogP contribution in [0, 0.1) is 13.7 Å². The Balaban J connectivity index is 2.75. The lowest BCUT2D eigenvalue weighted by Gasteiger charge is -2.09. The topological polar surface area (TPSA) is 0 Å². The zero-order chi connectivity index (χ0) is 15.8. The van der Waals surface area contributed by atoms with E-state index in [1.54, 1.807) is 30.3 Å². The van der Waals surface area contributed by atoms with Gasteiger partial charge in [-0.05, 0) is 48.1 Å². The summed E-state index contributed by atoms with van der Waals surface area (Å²) in [7, 11) is 0. The molecule has 0 spiro atoms. The number of halogens is 1. The van der Waals surface area contributed by atoms with Gasteiger partial charge < -0.3 is 0 Å². The molecule has 0 aliphatic heterocycles. The maximum Gasteiger partial charge on any atom is 0.0280 e. The van der Waals surface area contributed by atoms with Crippen LogP contribution in [0.3, 0.4) is 0 Å². The summed E-state index contributed by atoms with van der Waals surface area (Å²) in [4.78, 5) is 0. The van der Waals surface area contributed by atoms with E-state index in [4.69, 9.17) is 8.22 Å². The number of hydrogen-bond donors (Lipinski definition) is 0. The van der Waals surface area contributed by atoms with E-state index in [1.165, 1.54) is 12.1 Å². The highest BCUT2D eigenvalue weighted by atomic mass is 79.9. The van der Waals surface area contributed by atoms with E-state index < -0.39 is 13.7 Å². The third-order valence-electron chi connectivity index (χ3n) is 2.20. The van der Waals surface area contributed by atoms with Crippen LogP contribution < -0.4 is 0 Å². The first-order chi connectivity index (χ1) is 9.60. The fourth-order valence-corrected chi connectivity index (χ4v) is 1.83. The summed E-state index contributed by atoms with van der Waals surface area (Å²) >= 11 is 3.26. The minimum absolute atomic E-state index is 0.133. The molecule has 2 aromatic rings. The maximum absolute atomic E-state index is 7.66. The Hall–Kier alpha value is -1.08. The molecular weight excluding hydrogens is 248 g/mol. The molecule has 0 heterocycles. The summed E-state index contributed by atoms with van der Waals surface area (Å²) in [5.74, 6) is 0. The van der Waals surface area contributed by atoms with E-state index in [0.717, 1.165) is 0 Å². The average Bonchev–Trinajstić information content (AvgIpc) is 2.36. The molecule has 0 atom stereocenters. The highest BCUT2D eigenvalue weighted by Crippen LogP contribution is 2.28. The van der Waals surface area contributed by atoms with E-state index in [-0.39, 0.29) is 11.1 Å². The monoisotopic (exact) mass is 266 g/mol. The molecule has 15 heavy (non-hydrogen) atoms. The van der Waals surface area contributed by atoms with Crippen molar-refractivity contribution in [1.29, 1.82) is 0 Å². The third-order valence-corrected chi connectivity index (χ3v) is 2.69. The minimum atomic E-state index is -2.32. The highest BCUT2D eigenvalue weighted by molar-refractivity contribution is 9.10. The normalized spacial score (nSPS) is 17.9. The lowest BCUT2D eigenvalue weighted by Crippen LogP contribution is -1.86. The summed E-state index contributed by atoms with van der Waals surface area (Å²) in [5.41, 5.74) is 1.13. The Morgan fingerprint density at radius 1 is 0.933 bits per heavy atom. The van der Waals surface area contributed by atoms with Gasteiger partial charge in [-0.1, -0.05) is 46.3 Å². The first-order valence-corrected chi connectivity index (χ1v) is 5.30. The van der Waals surface area contributed by atoms with Crippen molar-refractivity contribution >= 4 is 15.9 Å². The van der Waals surface area contributed by atoms with E-state index in [0.29, 0.717) is 15.6 Å². The first-order valence-electron chi connectivity index (χ1n) is 7.50. The Bertz CT molecular complexity index is 657. The van der Waals surface area contributed by atoms with Gasteiger partial charge in [-0.3, -0.25) is 0 Å². The van der Waals surface area contributed by atoms with Gasteiger partial charge in [-0.25, -0.2) is 0 Å². The zero-order valence-electron chi connectivity index (χ0n) is 13.9. The van der Waals surface area contributed by atoms with Gasteiger partial charge in [0, 0.05) is 12.7 Å². The summed E-state index contributed by atoms with van der Waals surface area (Å²) in [6.07, 6.45) is 0. The fraction of sp³-hybridized carbons (Fsp3) is 0.143. The fourth-order valence-electron chi connectivity index (χ4n) is 1.47. The molecule has 0 aliphatic carbocycles. The minimum Gasteiger partial charge on any atom is -0.0620 e. The average molecular weight is 267 g/mol. The van der Waals surface area contributed by atoms with Gasteiger partial charge >= 0.3 is 0 Å². The standard InChI is InChI=1S/C14H13Br/c1-10-5-3-4-6-13(10)14-8-7-12(15)9-11(14)2/h3-9H,1-2H3/i1D3,2D3. The van der Waals surface area contributed by atoms with Crippen LogP contribution in [0.5, 0.6) is 0 Å². The van der Waals surface area contributed by atoms with Crippen LogP contribution in [0.15, 0.2) is 46.9 Å². The molecule has 0 saturated carbocycles. The van der Waals surface area contributed by atoms with E-state index in [2.05, 4.69) is 15.9 Å². The molecule has 0 unspecified atom stereocenters. The molecule has 2 aromatic carbocycles. The molecule has 0 N–H and O–H groups in total. The molecule has 0 aromatic heterocycles. The van der Waals surface area contributed by atoms with Gasteiger partial charge in [0.05, 0.1) is 0 Å². The number of hydrogen-bond acceptors (Lipinski definition) is 0. The largest absolute Gasteiger partial charge is 0.0620 e. The highest BCUT2D eigenvalue weighted by Gasteiger charge is 2.04. The SMILES string of the molecule is [2H]C([2H])([2H])c1ccccc1-c1ccc(Br)cc1C([2H])([2H])[2H]. The van der Waals surface area contributed by atoms with E-state index >= 15 is 0 Å². The van der Waals surface area contributed by atoms with Gasteiger partial charge in [-0.2, -0.15) is 0 Å². The van der Waals surface area contributed by atoms with Crippen molar-refractivity contribution in [2.24, 2.45) is 0 Å². The van der Waals surface area contributed by atoms with Crippen molar-refractivity contribution in [3.05, 3.63) is 58.1 Å². The van der Waals surface area contributed by atoms with E-state index in [9.17, 15) is 0 Å². The predicted octanol–water partition coefficient (Wildman–Crippen LogP) is 4.73. The van der Waals surface area contributed by atoms with Crippen molar-refractivity contribution in [3.8, 4) is 11.1 Å². The molecule has 0 aliphatic rings. The second-order valence-corrected chi connectivity index (χ2v) is 4.15. The number of benzene rings is 2. The number of aryl methyl sites for hydroxylation is 2. The van der Waals surface area contributed by atoms with Gasteiger partial charge in [0.1, 0.15) is 0 Å². The lowest BCUT2D eigenvalue weighted by molar-refractivity contribution is 1.40. The molecule has 1 heteroatoms. The second-order valence-electron chi connectivity index (χ2n) is 3.24. The Morgan fingerprint density at radius 2 is 1.67 bits per heavy atom. The van der Waals surface area contributed by atoms with Gasteiger partial charge in [0.25, 0.3) is 0 Å². The number of rotatable bonds is 1. The van der Waals surface area contributed by atoms with Crippen LogP contribution in [0.2, 0.25) is 0 Å². The molecule has 0 bridgehead atoms. The van der Waals surface area contributed by atoms with Crippen LogP contribution >= 0.6 is 15.9 Å². The van der Waals surface area contributed by atoms with Gasteiger partial charge in [-0.15, -0.1) is 0 Å². The molecular formula is C14H13Br. The van der Waals surface area contributed by atoms with Crippen molar-refractivity contribution in [3.63, 3.8) is 0 Å². The Kier molecular flexibility index (Phi) is 1.48. The van der Waals surface area contributed by atoms with Crippen LogP contribution in [-0.2, 0) is 0 Å². The Morgan fingerprint density at radius 3 is 2.47 bits per heavy atom. The molecule has 0 nitrogen and oxygen atoms in total.